The Morgan fingerprint density at radius 1 is 1.14 bits per heavy atom. The number of nitrogens with zero attached hydrogens (tertiary/aromatic N) is 2. The van der Waals surface area contributed by atoms with Crippen LogP contribution >= 0.6 is 0 Å². The first-order valence-electron chi connectivity index (χ1n) is 10.5. The summed E-state index contributed by atoms with van der Waals surface area (Å²) in [6.07, 6.45) is 6.57. The lowest BCUT2D eigenvalue weighted by Gasteiger charge is -2.42. The van der Waals surface area contributed by atoms with Crippen molar-refractivity contribution in [3.05, 3.63) is 35.5 Å². The van der Waals surface area contributed by atoms with Gasteiger partial charge >= 0.3 is 6.09 Å². The zero-order valence-electron chi connectivity index (χ0n) is 16.2. The van der Waals surface area contributed by atoms with Crippen LogP contribution in [-0.4, -0.2) is 53.0 Å². The number of nitrogens with one attached hydrogen (secondary N) is 1. The SMILES string of the molecule is O=C1OCCN1CC(=O)N1CCc2c([nH]c3ccccc23)[C@@H]1C1CCCCC1. The van der Waals surface area contributed by atoms with Crippen LogP contribution in [0.15, 0.2) is 24.3 Å². The number of aromatic nitrogens is 1. The van der Waals surface area contributed by atoms with Crippen LogP contribution in [0.3, 0.4) is 0 Å². The molecule has 5 rings (SSSR count). The Hall–Kier alpha value is -2.50. The fourth-order valence-electron chi connectivity index (χ4n) is 5.31. The molecule has 1 aromatic carbocycles. The minimum Gasteiger partial charge on any atom is -0.448 e. The van der Waals surface area contributed by atoms with E-state index in [1.165, 1.54) is 40.8 Å². The molecule has 6 heteroatoms. The molecule has 1 N–H and O–H groups in total. The van der Waals surface area contributed by atoms with Crippen molar-refractivity contribution < 1.29 is 14.3 Å². The molecule has 1 saturated heterocycles. The van der Waals surface area contributed by atoms with Crippen LogP contribution in [-0.2, 0) is 16.0 Å². The summed E-state index contributed by atoms with van der Waals surface area (Å²) in [6.45, 7) is 1.73. The third-order valence-corrected chi connectivity index (χ3v) is 6.67. The Bertz CT molecular complexity index is 900. The summed E-state index contributed by atoms with van der Waals surface area (Å²) in [5.41, 5.74) is 3.75. The van der Waals surface area contributed by atoms with Crippen LogP contribution in [0.5, 0.6) is 0 Å². The van der Waals surface area contributed by atoms with Gasteiger partial charge in [0.25, 0.3) is 0 Å². The summed E-state index contributed by atoms with van der Waals surface area (Å²) in [7, 11) is 0. The van der Waals surface area contributed by atoms with Crippen LogP contribution in [0.25, 0.3) is 10.9 Å². The molecule has 6 nitrogen and oxygen atoms in total. The smallest absolute Gasteiger partial charge is 0.410 e. The van der Waals surface area contributed by atoms with Crippen molar-refractivity contribution in [2.75, 3.05) is 26.2 Å². The Kier molecular flexibility index (Phi) is 4.49. The maximum absolute atomic E-state index is 13.2. The Labute approximate surface area is 164 Å². The predicted octanol–water partition coefficient (Wildman–Crippen LogP) is 3.63. The number of carbonyl (C=O) groups is 2. The lowest BCUT2D eigenvalue weighted by atomic mass is 9.79. The molecule has 0 bridgehead atoms. The molecule has 0 unspecified atom stereocenters. The molecule has 3 aliphatic rings. The first kappa shape index (κ1) is 17.6. The number of hydrogen-bond acceptors (Lipinski definition) is 3. The summed E-state index contributed by atoms with van der Waals surface area (Å²) >= 11 is 0. The second-order valence-corrected chi connectivity index (χ2v) is 8.28. The summed E-state index contributed by atoms with van der Waals surface area (Å²) in [6, 6.07) is 8.53. The van der Waals surface area contributed by atoms with Gasteiger partial charge in [-0.05, 0) is 36.8 Å². The van der Waals surface area contributed by atoms with Crippen molar-refractivity contribution in [1.29, 1.82) is 0 Å². The number of para-hydroxylation sites is 1. The highest BCUT2D eigenvalue weighted by molar-refractivity contribution is 5.87. The van der Waals surface area contributed by atoms with Crippen LogP contribution in [0.2, 0.25) is 0 Å². The van der Waals surface area contributed by atoms with E-state index in [9.17, 15) is 9.59 Å². The Morgan fingerprint density at radius 3 is 2.75 bits per heavy atom. The maximum Gasteiger partial charge on any atom is 0.410 e. The Balaban J connectivity index is 1.49. The molecule has 1 aromatic heterocycles. The number of ether oxygens (including phenoxy) is 1. The number of hydrogen-bond donors (Lipinski definition) is 1. The summed E-state index contributed by atoms with van der Waals surface area (Å²) < 4.78 is 5.00. The Morgan fingerprint density at radius 2 is 1.96 bits per heavy atom. The third kappa shape index (κ3) is 2.95. The first-order valence-corrected chi connectivity index (χ1v) is 10.5. The fraction of sp³-hybridized carbons (Fsp3) is 0.545. The van der Waals surface area contributed by atoms with Crippen LogP contribution in [0.1, 0.15) is 49.4 Å². The van der Waals surface area contributed by atoms with Gasteiger partial charge in [0.1, 0.15) is 13.2 Å². The lowest BCUT2D eigenvalue weighted by molar-refractivity contribution is -0.136. The van der Waals surface area contributed by atoms with Gasteiger partial charge in [0.2, 0.25) is 5.91 Å². The number of fused-ring (bicyclic) bond motifs is 3. The molecule has 28 heavy (non-hydrogen) atoms. The van der Waals surface area contributed by atoms with E-state index in [0.29, 0.717) is 19.1 Å². The summed E-state index contributed by atoms with van der Waals surface area (Å²) in [5.74, 6) is 0.522. The monoisotopic (exact) mass is 381 g/mol. The molecule has 2 aromatic rings. The van der Waals surface area contributed by atoms with E-state index in [4.69, 9.17) is 4.74 Å². The normalized spacial score (nSPS) is 23.1. The largest absolute Gasteiger partial charge is 0.448 e. The molecule has 2 amide bonds. The minimum atomic E-state index is -0.370. The predicted molar refractivity (Wildman–Crippen MR) is 106 cm³/mol. The van der Waals surface area contributed by atoms with Crippen LogP contribution in [0.4, 0.5) is 4.79 Å². The fourth-order valence-corrected chi connectivity index (χ4v) is 5.31. The van der Waals surface area contributed by atoms with Gasteiger partial charge < -0.3 is 14.6 Å². The van der Waals surface area contributed by atoms with Gasteiger partial charge in [0.15, 0.2) is 0 Å². The highest BCUT2D eigenvalue weighted by atomic mass is 16.6. The second-order valence-electron chi connectivity index (χ2n) is 8.28. The topological polar surface area (TPSA) is 65.6 Å². The zero-order valence-corrected chi connectivity index (χ0v) is 16.2. The number of amides is 2. The molecule has 0 radical (unpaired) electrons. The van der Waals surface area contributed by atoms with E-state index < -0.39 is 0 Å². The number of aromatic amines is 1. The molecular formula is C22H27N3O3. The van der Waals surface area contributed by atoms with Crippen molar-refractivity contribution in [2.24, 2.45) is 5.92 Å². The van der Waals surface area contributed by atoms with Crippen molar-refractivity contribution in [1.82, 2.24) is 14.8 Å². The zero-order chi connectivity index (χ0) is 19.1. The van der Waals surface area contributed by atoms with E-state index in [1.54, 1.807) is 0 Å². The van der Waals surface area contributed by atoms with E-state index in [0.717, 1.165) is 31.3 Å². The number of rotatable bonds is 3. The number of H-pyrrole nitrogens is 1. The highest BCUT2D eigenvalue weighted by Gasteiger charge is 2.39. The lowest BCUT2D eigenvalue weighted by Crippen LogP contribution is -2.47. The van der Waals surface area contributed by atoms with Gasteiger partial charge in [-0.2, -0.15) is 0 Å². The highest BCUT2D eigenvalue weighted by Crippen LogP contribution is 2.43. The summed E-state index contributed by atoms with van der Waals surface area (Å²) in [5, 5.41) is 1.29. The third-order valence-electron chi connectivity index (χ3n) is 6.67. The number of cyclic esters (lactones) is 1. The van der Waals surface area contributed by atoms with Gasteiger partial charge in [-0.3, -0.25) is 9.69 Å². The van der Waals surface area contributed by atoms with E-state index >= 15 is 0 Å². The quantitative estimate of drug-likeness (QED) is 0.883. The minimum absolute atomic E-state index is 0.0405. The van der Waals surface area contributed by atoms with Crippen LogP contribution < -0.4 is 0 Å². The number of benzene rings is 1. The molecular weight excluding hydrogens is 354 g/mol. The second kappa shape index (κ2) is 7.15. The van der Waals surface area contributed by atoms with Crippen LogP contribution in [0, 0.1) is 5.92 Å². The molecule has 2 aliphatic heterocycles. The van der Waals surface area contributed by atoms with E-state index in [-0.39, 0.29) is 24.6 Å². The van der Waals surface area contributed by atoms with Gasteiger partial charge in [0.05, 0.1) is 12.6 Å². The molecule has 2 fully saturated rings. The van der Waals surface area contributed by atoms with Crippen molar-refractivity contribution >= 4 is 22.9 Å². The van der Waals surface area contributed by atoms with Crippen molar-refractivity contribution in [3.63, 3.8) is 0 Å². The maximum atomic E-state index is 13.2. The van der Waals surface area contributed by atoms with Gasteiger partial charge in [-0.25, -0.2) is 4.79 Å². The van der Waals surface area contributed by atoms with E-state index in [1.807, 2.05) is 4.90 Å². The molecule has 0 spiro atoms. The summed E-state index contributed by atoms with van der Waals surface area (Å²) in [4.78, 5) is 32.3. The average Bonchev–Trinajstić information content (AvgIpc) is 3.31. The molecule has 1 atom stereocenters. The van der Waals surface area contributed by atoms with Gasteiger partial charge in [0, 0.05) is 23.1 Å². The molecule has 1 aliphatic carbocycles. The molecule has 1 saturated carbocycles. The van der Waals surface area contributed by atoms with Gasteiger partial charge in [-0.1, -0.05) is 37.5 Å². The van der Waals surface area contributed by atoms with E-state index in [2.05, 4.69) is 29.2 Å². The standard InChI is InChI=1S/C22H27N3O3/c26-19(14-24-12-13-28-22(24)27)25-11-10-17-16-8-4-5-9-18(16)23-20(17)21(25)15-6-2-1-3-7-15/h4-5,8-9,15,21,23H,1-3,6-7,10-14H2/t21-/m0/s1. The average molecular weight is 381 g/mol. The molecule has 3 heterocycles. The molecule has 148 valence electrons. The number of carbonyl (C=O) groups excluding carboxylic acids is 2. The first-order chi connectivity index (χ1) is 13.7. The van der Waals surface area contributed by atoms with Crippen molar-refractivity contribution in [2.45, 2.75) is 44.6 Å². The van der Waals surface area contributed by atoms with Gasteiger partial charge in [-0.15, -0.1) is 0 Å². The van der Waals surface area contributed by atoms with Crippen molar-refractivity contribution in [3.8, 4) is 0 Å².